The van der Waals surface area contributed by atoms with Crippen LogP contribution in [0.15, 0.2) is 30.4 Å². The van der Waals surface area contributed by atoms with E-state index in [-0.39, 0.29) is 0 Å². The van der Waals surface area contributed by atoms with E-state index in [0.717, 1.165) is 36.6 Å². The van der Waals surface area contributed by atoms with Crippen LogP contribution >= 0.6 is 0 Å². The molecule has 4 rings (SSSR count). The third-order valence-electron chi connectivity index (χ3n) is 5.96. The minimum atomic E-state index is 0.870. The van der Waals surface area contributed by atoms with Gasteiger partial charge in [0.25, 0.3) is 0 Å². The van der Waals surface area contributed by atoms with Crippen molar-refractivity contribution in [2.45, 2.75) is 19.8 Å². The molecular formula is C20H28N2O. The third-order valence-corrected chi connectivity index (χ3v) is 5.96. The highest BCUT2D eigenvalue weighted by atomic mass is 16.5. The Hall–Kier alpha value is -1.48. The quantitative estimate of drug-likeness (QED) is 0.793. The van der Waals surface area contributed by atoms with Crippen LogP contribution in [-0.4, -0.2) is 44.7 Å². The Morgan fingerprint density at radius 3 is 2.57 bits per heavy atom. The summed E-state index contributed by atoms with van der Waals surface area (Å²) < 4.78 is 5.56. The molecule has 3 atom stereocenters. The number of anilines is 1. The predicted octanol–water partition coefficient (Wildman–Crippen LogP) is 3.34. The largest absolute Gasteiger partial charge is 0.495 e. The summed E-state index contributed by atoms with van der Waals surface area (Å²) in [5, 5.41) is 0. The molecule has 0 spiro atoms. The van der Waals surface area contributed by atoms with Crippen LogP contribution in [0.2, 0.25) is 0 Å². The summed E-state index contributed by atoms with van der Waals surface area (Å²) in [7, 11) is 1.77. The number of fused-ring (bicyclic) bond motifs is 2. The first-order valence-electron chi connectivity index (χ1n) is 9.03. The number of piperazine rings is 1. The maximum absolute atomic E-state index is 5.56. The Morgan fingerprint density at radius 1 is 1.09 bits per heavy atom. The van der Waals surface area contributed by atoms with Crippen molar-refractivity contribution < 1.29 is 4.74 Å². The normalized spacial score (nSPS) is 30.2. The standard InChI is InChI=1S/C20H28N2O/c1-15-3-6-20(23-2)19(11-15)22-9-7-21(8-10-22)14-18-13-16-4-5-17(18)12-16/h3-6,11,16-18H,7-10,12-14H2,1-2H3. The van der Waals surface area contributed by atoms with E-state index in [1.807, 2.05) is 0 Å². The van der Waals surface area contributed by atoms with Crippen molar-refractivity contribution in [3.8, 4) is 5.75 Å². The Balaban J connectivity index is 1.36. The van der Waals surface area contributed by atoms with Gasteiger partial charge in [0, 0.05) is 32.7 Å². The molecule has 1 aromatic rings. The number of hydrogen-bond donors (Lipinski definition) is 0. The van der Waals surface area contributed by atoms with Crippen LogP contribution in [0.25, 0.3) is 0 Å². The fraction of sp³-hybridized carbons (Fsp3) is 0.600. The van der Waals surface area contributed by atoms with E-state index in [1.54, 1.807) is 7.11 Å². The summed E-state index contributed by atoms with van der Waals surface area (Å²) in [4.78, 5) is 5.17. The van der Waals surface area contributed by atoms with Gasteiger partial charge in [0.15, 0.2) is 0 Å². The third kappa shape index (κ3) is 2.99. The smallest absolute Gasteiger partial charge is 0.142 e. The number of ether oxygens (including phenoxy) is 1. The molecule has 3 aliphatic rings. The van der Waals surface area contributed by atoms with Crippen molar-refractivity contribution in [3.63, 3.8) is 0 Å². The molecule has 3 unspecified atom stereocenters. The van der Waals surface area contributed by atoms with Gasteiger partial charge >= 0.3 is 0 Å². The summed E-state index contributed by atoms with van der Waals surface area (Å²) in [6.45, 7) is 8.02. The van der Waals surface area contributed by atoms with Gasteiger partial charge in [-0.1, -0.05) is 18.2 Å². The molecule has 0 radical (unpaired) electrons. The molecule has 1 aromatic carbocycles. The van der Waals surface area contributed by atoms with Crippen LogP contribution < -0.4 is 9.64 Å². The Morgan fingerprint density at radius 2 is 1.91 bits per heavy atom. The van der Waals surface area contributed by atoms with Crippen molar-refractivity contribution in [1.29, 1.82) is 0 Å². The van der Waals surface area contributed by atoms with Gasteiger partial charge in [0.2, 0.25) is 0 Å². The average Bonchev–Trinajstić information content (AvgIpc) is 3.18. The molecule has 1 saturated carbocycles. The molecule has 0 aromatic heterocycles. The minimum absolute atomic E-state index is 0.870. The van der Waals surface area contributed by atoms with E-state index >= 15 is 0 Å². The monoisotopic (exact) mass is 312 g/mol. The Labute approximate surface area is 139 Å². The zero-order valence-corrected chi connectivity index (χ0v) is 14.4. The number of rotatable bonds is 4. The highest BCUT2D eigenvalue weighted by Gasteiger charge is 2.36. The van der Waals surface area contributed by atoms with Crippen molar-refractivity contribution in [1.82, 2.24) is 4.90 Å². The number of methoxy groups -OCH3 is 1. The zero-order valence-electron chi connectivity index (χ0n) is 14.4. The molecule has 124 valence electrons. The van der Waals surface area contributed by atoms with Gasteiger partial charge in [-0.05, 0) is 55.2 Å². The van der Waals surface area contributed by atoms with Crippen LogP contribution in [0.4, 0.5) is 5.69 Å². The van der Waals surface area contributed by atoms with Crippen LogP contribution in [0.1, 0.15) is 18.4 Å². The van der Waals surface area contributed by atoms with Gasteiger partial charge in [-0.2, -0.15) is 0 Å². The predicted molar refractivity (Wildman–Crippen MR) is 95.2 cm³/mol. The lowest BCUT2D eigenvalue weighted by molar-refractivity contribution is 0.204. The first kappa shape index (κ1) is 15.1. The van der Waals surface area contributed by atoms with E-state index in [1.165, 1.54) is 43.7 Å². The zero-order chi connectivity index (χ0) is 15.8. The fourth-order valence-corrected chi connectivity index (χ4v) is 4.65. The second-order valence-electron chi connectivity index (χ2n) is 7.50. The number of allylic oxidation sites excluding steroid dienone is 2. The number of aryl methyl sites for hydroxylation is 1. The maximum atomic E-state index is 5.56. The van der Waals surface area contributed by atoms with Gasteiger partial charge in [0.05, 0.1) is 12.8 Å². The van der Waals surface area contributed by atoms with Crippen LogP contribution in [-0.2, 0) is 0 Å². The lowest BCUT2D eigenvalue weighted by Gasteiger charge is -2.38. The second-order valence-corrected chi connectivity index (χ2v) is 7.50. The highest BCUT2D eigenvalue weighted by Crippen LogP contribution is 2.43. The number of benzene rings is 1. The minimum Gasteiger partial charge on any atom is -0.495 e. The Kier molecular flexibility index (Phi) is 4.06. The van der Waals surface area contributed by atoms with E-state index < -0.39 is 0 Å². The molecule has 2 aliphatic carbocycles. The van der Waals surface area contributed by atoms with Gasteiger partial charge in [-0.15, -0.1) is 0 Å². The second kappa shape index (κ2) is 6.20. The molecule has 1 saturated heterocycles. The first-order valence-corrected chi connectivity index (χ1v) is 9.03. The molecular weight excluding hydrogens is 284 g/mol. The molecule has 0 amide bonds. The molecule has 0 N–H and O–H groups in total. The van der Waals surface area contributed by atoms with Gasteiger partial charge < -0.3 is 9.64 Å². The molecule has 1 aliphatic heterocycles. The Bertz CT molecular complexity index is 589. The van der Waals surface area contributed by atoms with E-state index in [2.05, 4.69) is 47.1 Å². The molecule has 2 bridgehead atoms. The van der Waals surface area contributed by atoms with Crippen molar-refractivity contribution in [2.75, 3.05) is 44.7 Å². The van der Waals surface area contributed by atoms with Crippen LogP contribution in [0.3, 0.4) is 0 Å². The van der Waals surface area contributed by atoms with Gasteiger partial charge in [-0.3, -0.25) is 4.90 Å². The summed E-state index contributed by atoms with van der Waals surface area (Å²) in [6, 6.07) is 6.48. The molecule has 3 heteroatoms. The van der Waals surface area contributed by atoms with Crippen LogP contribution in [0, 0.1) is 24.7 Å². The van der Waals surface area contributed by atoms with Crippen molar-refractivity contribution in [3.05, 3.63) is 35.9 Å². The van der Waals surface area contributed by atoms with Crippen molar-refractivity contribution in [2.24, 2.45) is 17.8 Å². The SMILES string of the molecule is COc1ccc(C)cc1N1CCN(CC2CC3C=CC2C3)CC1. The summed E-state index contributed by atoms with van der Waals surface area (Å²) >= 11 is 0. The van der Waals surface area contributed by atoms with E-state index in [9.17, 15) is 0 Å². The highest BCUT2D eigenvalue weighted by molar-refractivity contribution is 5.60. The lowest BCUT2D eigenvalue weighted by atomic mass is 9.93. The van der Waals surface area contributed by atoms with E-state index in [0.29, 0.717) is 0 Å². The molecule has 3 nitrogen and oxygen atoms in total. The van der Waals surface area contributed by atoms with Gasteiger partial charge in [-0.25, -0.2) is 0 Å². The average molecular weight is 312 g/mol. The maximum Gasteiger partial charge on any atom is 0.142 e. The number of hydrogen-bond acceptors (Lipinski definition) is 3. The summed E-state index contributed by atoms with van der Waals surface area (Å²) in [5.74, 6) is 3.67. The molecule has 2 fully saturated rings. The molecule has 1 heterocycles. The van der Waals surface area contributed by atoms with Crippen LogP contribution in [0.5, 0.6) is 5.75 Å². The summed E-state index contributed by atoms with van der Waals surface area (Å²) in [5.41, 5.74) is 2.56. The van der Waals surface area contributed by atoms with E-state index in [4.69, 9.17) is 4.74 Å². The molecule has 23 heavy (non-hydrogen) atoms. The topological polar surface area (TPSA) is 15.7 Å². The van der Waals surface area contributed by atoms with Crippen molar-refractivity contribution >= 4 is 5.69 Å². The first-order chi connectivity index (χ1) is 11.2. The summed E-state index contributed by atoms with van der Waals surface area (Å²) in [6.07, 6.45) is 7.77. The lowest BCUT2D eigenvalue weighted by Crippen LogP contribution is -2.48. The van der Waals surface area contributed by atoms with Gasteiger partial charge in [0.1, 0.15) is 5.75 Å². The fourth-order valence-electron chi connectivity index (χ4n) is 4.65. The number of nitrogens with zero attached hydrogens (tertiary/aromatic N) is 2.